The predicted octanol–water partition coefficient (Wildman–Crippen LogP) is 6.47. The van der Waals surface area contributed by atoms with Gasteiger partial charge in [-0.25, -0.2) is 4.39 Å². The van der Waals surface area contributed by atoms with Gasteiger partial charge in [-0.05, 0) is 93.9 Å². The van der Waals surface area contributed by atoms with Gasteiger partial charge < -0.3 is 15.2 Å². The molecule has 2 N–H and O–H groups in total. The van der Waals surface area contributed by atoms with Crippen LogP contribution in [0.2, 0.25) is 0 Å². The smallest absolute Gasteiger partial charge is 0.303 e. The molecule has 4 nitrogen and oxygen atoms in total. The van der Waals surface area contributed by atoms with Crippen LogP contribution in [-0.4, -0.2) is 17.1 Å². The SMILES string of the molecule is CCC(C)Nc1cc(C)cc(COc2c(Br)cc(CCC(=O)O)cc2Br)c1F. The van der Waals surface area contributed by atoms with Crippen molar-refractivity contribution in [1.82, 2.24) is 0 Å². The Labute approximate surface area is 181 Å². The lowest BCUT2D eigenvalue weighted by Crippen LogP contribution is -2.15. The number of rotatable bonds is 9. The highest BCUT2D eigenvalue weighted by Crippen LogP contribution is 2.36. The van der Waals surface area contributed by atoms with Crippen LogP contribution in [0.15, 0.2) is 33.2 Å². The Hall–Kier alpha value is -1.60. The summed E-state index contributed by atoms with van der Waals surface area (Å²) in [5.41, 5.74) is 2.78. The first-order valence-electron chi connectivity index (χ1n) is 9.09. The zero-order valence-electron chi connectivity index (χ0n) is 16.1. The maximum atomic E-state index is 14.9. The van der Waals surface area contributed by atoms with Crippen LogP contribution in [0.1, 0.15) is 43.4 Å². The largest absolute Gasteiger partial charge is 0.486 e. The number of nitrogens with one attached hydrogen (secondary N) is 1. The zero-order valence-corrected chi connectivity index (χ0v) is 19.3. The van der Waals surface area contributed by atoms with E-state index in [-0.39, 0.29) is 24.9 Å². The molecule has 0 saturated carbocycles. The van der Waals surface area contributed by atoms with Crippen LogP contribution in [0, 0.1) is 12.7 Å². The summed E-state index contributed by atoms with van der Waals surface area (Å²) in [7, 11) is 0. The van der Waals surface area contributed by atoms with Crippen LogP contribution in [0.3, 0.4) is 0 Å². The van der Waals surface area contributed by atoms with Crippen LogP contribution >= 0.6 is 31.9 Å². The number of hydrogen-bond acceptors (Lipinski definition) is 3. The number of carbonyl (C=O) groups is 1. The minimum Gasteiger partial charge on any atom is -0.486 e. The fourth-order valence-corrected chi connectivity index (χ4v) is 4.23. The molecule has 0 saturated heterocycles. The third-order valence-electron chi connectivity index (χ3n) is 4.36. The van der Waals surface area contributed by atoms with Gasteiger partial charge in [0.15, 0.2) is 5.82 Å². The molecule has 0 amide bonds. The number of ether oxygens (including phenoxy) is 1. The first kappa shape index (κ1) is 22.7. The summed E-state index contributed by atoms with van der Waals surface area (Å²) in [6.07, 6.45) is 1.37. The van der Waals surface area contributed by atoms with Gasteiger partial charge >= 0.3 is 5.97 Å². The first-order valence-corrected chi connectivity index (χ1v) is 10.7. The van der Waals surface area contributed by atoms with Crippen molar-refractivity contribution in [2.45, 2.75) is 52.7 Å². The molecule has 0 bridgehead atoms. The quantitative estimate of drug-likeness (QED) is 0.401. The Morgan fingerprint density at radius 1 is 1.25 bits per heavy atom. The molecular weight excluding hydrogens is 493 g/mol. The van der Waals surface area contributed by atoms with Crippen molar-refractivity contribution in [3.8, 4) is 5.75 Å². The molecule has 0 heterocycles. The second-order valence-electron chi connectivity index (χ2n) is 6.81. The molecule has 0 radical (unpaired) electrons. The van der Waals surface area contributed by atoms with E-state index in [0.29, 0.717) is 32.4 Å². The molecule has 0 aliphatic heterocycles. The lowest BCUT2D eigenvalue weighted by atomic mass is 10.1. The topological polar surface area (TPSA) is 58.6 Å². The Bertz CT molecular complexity index is 835. The number of benzene rings is 2. The number of anilines is 1. The zero-order chi connectivity index (χ0) is 20.8. The van der Waals surface area contributed by atoms with Gasteiger partial charge in [0.05, 0.1) is 14.6 Å². The van der Waals surface area contributed by atoms with Gasteiger partial charge in [-0.15, -0.1) is 0 Å². The van der Waals surface area contributed by atoms with Gasteiger partial charge in [-0.1, -0.05) is 6.92 Å². The van der Waals surface area contributed by atoms with E-state index in [0.717, 1.165) is 17.5 Å². The van der Waals surface area contributed by atoms with E-state index in [1.165, 1.54) is 0 Å². The van der Waals surface area contributed by atoms with Crippen molar-refractivity contribution in [2.75, 3.05) is 5.32 Å². The van der Waals surface area contributed by atoms with Gasteiger partial charge in [0.25, 0.3) is 0 Å². The number of aliphatic carboxylic acids is 1. The standard InChI is InChI=1S/C21H24Br2FNO3/c1-4-13(3)25-18-8-12(2)7-15(20(18)24)11-28-21-16(22)9-14(10-17(21)23)5-6-19(26)27/h7-10,13,25H,4-6,11H2,1-3H3,(H,26,27). The summed E-state index contributed by atoms with van der Waals surface area (Å²) in [6.45, 7) is 6.06. The van der Waals surface area contributed by atoms with Gasteiger partial charge in [0.1, 0.15) is 12.4 Å². The van der Waals surface area contributed by atoms with Gasteiger partial charge in [-0.2, -0.15) is 0 Å². The fraction of sp³-hybridized carbons (Fsp3) is 0.381. The molecule has 2 rings (SSSR count). The average molecular weight is 517 g/mol. The molecule has 2 aromatic rings. The highest BCUT2D eigenvalue weighted by Gasteiger charge is 2.15. The third kappa shape index (κ3) is 6.21. The van der Waals surface area contributed by atoms with E-state index in [9.17, 15) is 9.18 Å². The van der Waals surface area contributed by atoms with Crippen molar-refractivity contribution in [3.05, 3.63) is 55.7 Å². The van der Waals surface area contributed by atoms with Gasteiger partial charge in [-0.3, -0.25) is 4.79 Å². The van der Waals surface area contributed by atoms with E-state index < -0.39 is 5.97 Å². The van der Waals surface area contributed by atoms with Crippen LogP contribution in [-0.2, 0) is 17.8 Å². The average Bonchev–Trinajstić information content (AvgIpc) is 2.62. The molecule has 2 aromatic carbocycles. The summed E-state index contributed by atoms with van der Waals surface area (Å²) < 4.78 is 22.1. The van der Waals surface area contributed by atoms with Crippen LogP contribution < -0.4 is 10.1 Å². The minimum atomic E-state index is -0.843. The maximum absolute atomic E-state index is 14.9. The molecule has 0 aromatic heterocycles. The number of hydrogen-bond donors (Lipinski definition) is 2. The molecule has 1 atom stereocenters. The molecule has 7 heteroatoms. The predicted molar refractivity (Wildman–Crippen MR) is 117 cm³/mol. The number of carboxylic acids is 1. The summed E-state index contributed by atoms with van der Waals surface area (Å²) >= 11 is 6.92. The van der Waals surface area contributed by atoms with E-state index in [1.807, 2.05) is 32.9 Å². The van der Waals surface area contributed by atoms with Crippen molar-refractivity contribution < 1.29 is 19.0 Å². The number of aryl methyl sites for hydroxylation is 2. The molecule has 0 aliphatic carbocycles. The Morgan fingerprint density at radius 2 is 1.89 bits per heavy atom. The first-order chi connectivity index (χ1) is 13.2. The van der Waals surface area contributed by atoms with Crippen LogP contribution in [0.25, 0.3) is 0 Å². The summed E-state index contributed by atoms with van der Waals surface area (Å²) in [5.74, 6) is -0.600. The molecule has 28 heavy (non-hydrogen) atoms. The van der Waals surface area contributed by atoms with Crippen molar-refractivity contribution in [3.63, 3.8) is 0 Å². The monoisotopic (exact) mass is 515 g/mol. The number of halogens is 3. The van der Waals surface area contributed by atoms with E-state index in [2.05, 4.69) is 37.2 Å². The third-order valence-corrected chi connectivity index (χ3v) is 5.54. The summed E-state index contributed by atoms with van der Waals surface area (Å²) in [5, 5.41) is 12.0. The Morgan fingerprint density at radius 3 is 2.46 bits per heavy atom. The highest BCUT2D eigenvalue weighted by molar-refractivity contribution is 9.11. The van der Waals surface area contributed by atoms with E-state index in [4.69, 9.17) is 9.84 Å². The van der Waals surface area contributed by atoms with Crippen LogP contribution in [0.5, 0.6) is 5.75 Å². The fourth-order valence-electron chi connectivity index (χ4n) is 2.72. The molecule has 0 fully saturated rings. The lowest BCUT2D eigenvalue weighted by molar-refractivity contribution is -0.136. The van der Waals surface area contributed by atoms with Gasteiger partial charge in [0.2, 0.25) is 0 Å². The Balaban J connectivity index is 2.18. The van der Waals surface area contributed by atoms with Crippen molar-refractivity contribution in [1.29, 1.82) is 0 Å². The molecular formula is C21H24Br2FNO3. The highest BCUT2D eigenvalue weighted by atomic mass is 79.9. The van der Waals surface area contributed by atoms with Crippen molar-refractivity contribution >= 4 is 43.5 Å². The molecule has 0 aliphatic rings. The second-order valence-corrected chi connectivity index (χ2v) is 8.52. The minimum absolute atomic E-state index is 0.0551. The van der Waals surface area contributed by atoms with E-state index >= 15 is 0 Å². The summed E-state index contributed by atoms with van der Waals surface area (Å²) in [6, 6.07) is 7.40. The Kier molecular flexibility index (Phi) is 8.31. The summed E-state index contributed by atoms with van der Waals surface area (Å²) in [4.78, 5) is 10.8. The lowest BCUT2D eigenvalue weighted by Gasteiger charge is -2.17. The van der Waals surface area contributed by atoms with Gasteiger partial charge in [0, 0.05) is 18.0 Å². The van der Waals surface area contributed by atoms with Crippen LogP contribution in [0.4, 0.5) is 10.1 Å². The molecule has 0 spiro atoms. The molecule has 152 valence electrons. The second kappa shape index (κ2) is 10.3. The van der Waals surface area contributed by atoms with Crippen molar-refractivity contribution in [2.24, 2.45) is 0 Å². The molecule has 1 unspecified atom stereocenters. The normalized spacial score (nSPS) is 11.9. The van der Waals surface area contributed by atoms with E-state index in [1.54, 1.807) is 12.1 Å². The maximum Gasteiger partial charge on any atom is 0.303 e. The number of carboxylic acid groups (broad SMARTS) is 1.